The number of H-pyrrole nitrogens is 1. The fourth-order valence-electron chi connectivity index (χ4n) is 3.03. The van der Waals surface area contributed by atoms with Crippen LogP contribution in [0.2, 0.25) is 0 Å². The van der Waals surface area contributed by atoms with E-state index in [4.69, 9.17) is 0 Å². The Hall–Kier alpha value is -2.83. The summed E-state index contributed by atoms with van der Waals surface area (Å²) in [5.74, 6) is 0.735. The minimum atomic E-state index is -4.38. The van der Waals surface area contributed by atoms with E-state index in [-0.39, 0.29) is 0 Å². The van der Waals surface area contributed by atoms with Crippen molar-refractivity contribution in [1.82, 2.24) is 20.3 Å². The van der Waals surface area contributed by atoms with Crippen molar-refractivity contribution in [2.45, 2.75) is 19.5 Å². The molecule has 128 valence electrons. The van der Waals surface area contributed by atoms with E-state index < -0.39 is 11.7 Å². The molecule has 0 aromatic heterocycles. The molecule has 4 rings (SSSR count). The lowest BCUT2D eigenvalue weighted by molar-refractivity contribution is -0.137. The molecule has 3 aliphatic rings. The van der Waals surface area contributed by atoms with E-state index in [1.54, 1.807) is 12.1 Å². The van der Waals surface area contributed by atoms with Crippen molar-refractivity contribution in [3.8, 4) is 22.6 Å². The van der Waals surface area contributed by atoms with E-state index in [0.29, 0.717) is 17.0 Å². The van der Waals surface area contributed by atoms with Gasteiger partial charge in [-0.05, 0) is 37.1 Å². The Morgan fingerprint density at radius 3 is 2.64 bits per heavy atom. The van der Waals surface area contributed by atoms with E-state index in [1.165, 1.54) is 6.07 Å². The van der Waals surface area contributed by atoms with E-state index in [1.807, 2.05) is 13.1 Å². The van der Waals surface area contributed by atoms with Crippen molar-refractivity contribution in [3.05, 3.63) is 53.6 Å². The van der Waals surface area contributed by atoms with Gasteiger partial charge in [-0.1, -0.05) is 12.1 Å². The van der Waals surface area contributed by atoms with Crippen molar-refractivity contribution in [1.29, 1.82) is 0 Å². The molecule has 3 aliphatic heterocycles. The first kappa shape index (κ1) is 15.7. The number of fused-ring (bicyclic) bond motifs is 1. The number of benzene rings is 1. The molecule has 0 unspecified atom stereocenters. The molecule has 4 nitrogen and oxygen atoms in total. The average Bonchev–Trinajstić information content (AvgIpc) is 3.23. The van der Waals surface area contributed by atoms with Gasteiger partial charge in [-0.2, -0.15) is 13.2 Å². The molecule has 7 heteroatoms. The molecule has 1 aromatic rings. The van der Waals surface area contributed by atoms with Crippen LogP contribution < -0.4 is 5.32 Å². The molecule has 0 aliphatic carbocycles. The Labute approximate surface area is 142 Å². The minimum absolute atomic E-state index is 0.432. The Morgan fingerprint density at radius 1 is 1.08 bits per heavy atom. The molecule has 25 heavy (non-hydrogen) atoms. The predicted octanol–water partition coefficient (Wildman–Crippen LogP) is 4.24. The summed E-state index contributed by atoms with van der Waals surface area (Å²) in [7, 11) is 0. The molecule has 0 saturated carbocycles. The lowest BCUT2D eigenvalue weighted by atomic mass is 10.1. The van der Waals surface area contributed by atoms with E-state index in [9.17, 15) is 13.2 Å². The second kappa shape index (κ2) is 5.61. The summed E-state index contributed by atoms with van der Waals surface area (Å²) in [4.78, 5) is 12.2. The number of alkyl halides is 3. The zero-order chi connectivity index (χ0) is 17.6. The number of hydrogen-bond acceptors (Lipinski definition) is 3. The molecule has 0 radical (unpaired) electrons. The zero-order valence-electron chi connectivity index (χ0n) is 13.4. The second-order valence-electron chi connectivity index (χ2n) is 6.03. The first-order valence-electron chi connectivity index (χ1n) is 7.89. The van der Waals surface area contributed by atoms with Crippen LogP contribution in [0.4, 0.5) is 13.2 Å². The van der Waals surface area contributed by atoms with Gasteiger partial charge in [0, 0.05) is 18.3 Å². The van der Waals surface area contributed by atoms with Crippen LogP contribution in [0.15, 0.2) is 36.5 Å². The van der Waals surface area contributed by atoms with Gasteiger partial charge in [0.15, 0.2) is 0 Å². The highest BCUT2D eigenvalue weighted by molar-refractivity contribution is 5.81. The van der Waals surface area contributed by atoms with E-state index >= 15 is 0 Å². The lowest BCUT2D eigenvalue weighted by Gasteiger charge is -2.08. The van der Waals surface area contributed by atoms with Gasteiger partial charge in [0.05, 0.1) is 22.6 Å². The Balaban J connectivity index is 1.85. The number of halogens is 3. The molecule has 1 aromatic carbocycles. The number of hydrogen-bond donors (Lipinski definition) is 2. The van der Waals surface area contributed by atoms with Gasteiger partial charge < -0.3 is 10.3 Å². The topological polar surface area (TPSA) is 53.6 Å². The maximum Gasteiger partial charge on any atom is 0.416 e. The van der Waals surface area contributed by atoms with Crippen molar-refractivity contribution >= 4 is 5.57 Å². The van der Waals surface area contributed by atoms with Crippen LogP contribution in [0.5, 0.6) is 0 Å². The highest BCUT2D eigenvalue weighted by Crippen LogP contribution is 2.36. The highest BCUT2D eigenvalue weighted by Gasteiger charge is 2.31. The third kappa shape index (κ3) is 2.86. The van der Waals surface area contributed by atoms with E-state index in [0.717, 1.165) is 47.9 Å². The van der Waals surface area contributed by atoms with Crippen LogP contribution in [0.3, 0.4) is 0 Å². The molecule has 2 N–H and O–H groups in total. The van der Waals surface area contributed by atoms with Gasteiger partial charge in [0.2, 0.25) is 0 Å². The van der Waals surface area contributed by atoms with Gasteiger partial charge in [0.25, 0.3) is 0 Å². The maximum atomic E-state index is 13.0. The zero-order valence-corrected chi connectivity index (χ0v) is 13.4. The van der Waals surface area contributed by atoms with Gasteiger partial charge >= 0.3 is 6.18 Å². The predicted molar refractivity (Wildman–Crippen MR) is 88.8 cm³/mol. The molecular weight excluding hydrogens is 329 g/mol. The van der Waals surface area contributed by atoms with Gasteiger partial charge in [-0.3, -0.25) is 0 Å². The lowest BCUT2D eigenvalue weighted by Crippen LogP contribution is -2.04. The number of nitrogens with one attached hydrogen (secondary N) is 2. The van der Waals surface area contributed by atoms with Crippen molar-refractivity contribution in [2.24, 2.45) is 0 Å². The number of aryl methyl sites for hydroxylation is 1. The summed E-state index contributed by atoms with van der Waals surface area (Å²) >= 11 is 0. The molecule has 0 saturated heterocycles. The van der Waals surface area contributed by atoms with Crippen molar-refractivity contribution in [3.63, 3.8) is 0 Å². The number of nitrogens with zero attached hydrogens (tertiary/aromatic N) is 2. The standard InChI is InChI=1S/C18H15F3N4/c1-10-23-15-8-14(11-3-2-4-13(7-11)18(19,20)21)25-17(15)16(24-10)12-5-6-22-9-12/h2-4,7-9,22H,5-6H2,1H3,(H,23,24). The maximum absolute atomic E-state index is 13.0. The summed E-state index contributed by atoms with van der Waals surface area (Å²) in [6.45, 7) is 2.69. The minimum Gasteiger partial charge on any atom is -0.390 e. The highest BCUT2D eigenvalue weighted by atomic mass is 19.4. The Bertz CT molecular complexity index is 940. The number of rotatable bonds is 2. The van der Waals surface area contributed by atoms with Crippen molar-refractivity contribution in [2.75, 3.05) is 6.54 Å². The first-order valence-corrected chi connectivity index (χ1v) is 7.89. The molecule has 0 amide bonds. The summed E-state index contributed by atoms with van der Waals surface area (Å²) in [5.41, 5.74) is 3.51. The van der Waals surface area contributed by atoms with Gasteiger partial charge in [-0.15, -0.1) is 0 Å². The smallest absolute Gasteiger partial charge is 0.390 e. The van der Waals surface area contributed by atoms with Crippen LogP contribution in [-0.4, -0.2) is 21.5 Å². The normalized spacial score (nSPS) is 14.6. The second-order valence-corrected chi connectivity index (χ2v) is 6.03. The average molecular weight is 344 g/mol. The van der Waals surface area contributed by atoms with Crippen LogP contribution in [0, 0.1) is 6.92 Å². The van der Waals surface area contributed by atoms with Crippen molar-refractivity contribution < 1.29 is 13.2 Å². The third-order valence-electron chi connectivity index (χ3n) is 4.19. The van der Waals surface area contributed by atoms with Gasteiger partial charge in [-0.25, -0.2) is 9.97 Å². The molecule has 0 spiro atoms. The summed E-state index contributed by atoms with van der Waals surface area (Å²) in [5, 5.41) is 3.15. The summed E-state index contributed by atoms with van der Waals surface area (Å²) in [6, 6.07) is 6.98. The Morgan fingerprint density at radius 2 is 1.92 bits per heavy atom. The molecule has 0 atom stereocenters. The SMILES string of the molecule is Cc1nc(C2=CNCC2)c2nc(-c3cccc(C(F)(F)F)c3)cc-2[nH]1. The molecular formula is C18H15F3N4. The summed E-state index contributed by atoms with van der Waals surface area (Å²) in [6.07, 6.45) is -1.62. The van der Waals surface area contributed by atoms with E-state index in [2.05, 4.69) is 20.3 Å². The third-order valence-corrected chi connectivity index (χ3v) is 4.19. The number of aromatic nitrogens is 3. The largest absolute Gasteiger partial charge is 0.416 e. The summed E-state index contributed by atoms with van der Waals surface area (Å²) < 4.78 is 38.9. The van der Waals surface area contributed by atoms with Crippen LogP contribution in [0.1, 0.15) is 23.5 Å². The monoisotopic (exact) mass is 344 g/mol. The van der Waals surface area contributed by atoms with Crippen LogP contribution in [-0.2, 0) is 6.18 Å². The van der Waals surface area contributed by atoms with Crippen LogP contribution >= 0.6 is 0 Å². The van der Waals surface area contributed by atoms with Gasteiger partial charge in [0.1, 0.15) is 11.5 Å². The molecule has 0 bridgehead atoms. The van der Waals surface area contributed by atoms with Crippen LogP contribution in [0.25, 0.3) is 28.2 Å². The molecule has 0 fully saturated rings. The quantitative estimate of drug-likeness (QED) is 0.731. The fourth-order valence-corrected chi connectivity index (χ4v) is 3.03. The number of aromatic amines is 1. The molecule has 3 heterocycles. The fraction of sp³-hybridized carbons (Fsp3) is 0.222. The first-order chi connectivity index (χ1) is 11.9. The Kier molecular flexibility index (Phi) is 3.52.